The molecule has 1 N–H and O–H groups in total. The zero-order valence-corrected chi connectivity index (χ0v) is 21.4. The van der Waals surface area contributed by atoms with Gasteiger partial charge in [0, 0.05) is 19.2 Å². The molecule has 1 unspecified atom stereocenters. The van der Waals surface area contributed by atoms with Gasteiger partial charge in [0.25, 0.3) is 0 Å². The number of amides is 1. The van der Waals surface area contributed by atoms with E-state index in [1.807, 2.05) is 24.3 Å². The van der Waals surface area contributed by atoms with Crippen LogP contribution in [-0.2, 0) is 31.6 Å². The van der Waals surface area contributed by atoms with E-state index in [0.717, 1.165) is 5.56 Å². The van der Waals surface area contributed by atoms with Crippen LogP contribution < -0.4 is 14.4 Å². The van der Waals surface area contributed by atoms with Crippen molar-refractivity contribution < 1.29 is 27.4 Å². The number of hydrogen-bond acceptors (Lipinski definition) is 7. The van der Waals surface area contributed by atoms with Crippen molar-refractivity contribution in [3.05, 3.63) is 53.9 Å². The van der Waals surface area contributed by atoms with Gasteiger partial charge >= 0.3 is 6.09 Å². The molecule has 9 nitrogen and oxygen atoms in total. The number of nitrogens with one attached hydrogen (secondary N) is 1. The average molecular weight is 504 g/mol. The van der Waals surface area contributed by atoms with Crippen molar-refractivity contribution in [1.29, 1.82) is 0 Å². The molecule has 1 aromatic heterocycles. The van der Waals surface area contributed by atoms with Crippen LogP contribution in [-0.4, -0.2) is 50.7 Å². The summed E-state index contributed by atoms with van der Waals surface area (Å²) in [5.41, 5.74) is 0.291. The second kappa shape index (κ2) is 9.66. The van der Waals surface area contributed by atoms with E-state index in [-0.39, 0.29) is 18.4 Å². The minimum Gasteiger partial charge on any atom is -0.497 e. The number of methoxy groups -OCH3 is 1. The molecule has 190 valence electrons. The number of aromatic nitrogens is 1. The summed E-state index contributed by atoms with van der Waals surface area (Å²) in [4.78, 5) is 17.1. The van der Waals surface area contributed by atoms with Gasteiger partial charge in [0.15, 0.2) is 0 Å². The summed E-state index contributed by atoms with van der Waals surface area (Å²) in [6, 6.07) is 10.7. The summed E-state index contributed by atoms with van der Waals surface area (Å²) < 4.78 is 44.6. The van der Waals surface area contributed by atoms with Crippen molar-refractivity contribution >= 4 is 21.8 Å². The van der Waals surface area contributed by atoms with Crippen molar-refractivity contribution in [3.63, 3.8) is 0 Å². The SMILES string of the molecule is COc1ccc(CN(c2ccnc(C3(NC(=O)OC(C)(C)C)CCOC3)c2)S(=O)(=O)C2CC2)cc1. The normalized spacial score (nSPS) is 20.3. The van der Waals surface area contributed by atoms with E-state index < -0.39 is 27.3 Å². The number of carbonyl (C=O) groups excluding carboxylic acids is 1. The highest BCUT2D eigenvalue weighted by Crippen LogP contribution is 2.37. The summed E-state index contributed by atoms with van der Waals surface area (Å²) in [6.07, 6.45) is 2.80. The van der Waals surface area contributed by atoms with E-state index in [1.54, 1.807) is 46.2 Å². The van der Waals surface area contributed by atoms with E-state index in [1.165, 1.54) is 4.31 Å². The fraction of sp³-hybridized carbons (Fsp3) is 0.520. The molecule has 0 spiro atoms. The molecule has 1 aliphatic carbocycles. The molecule has 2 heterocycles. The molecule has 0 bridgehead atoms. The molecule has 2 fully saturated rings. The van der Waals surface area contributed by atoms with Crippen molar-refractivity contribution in [2.24, 2.45) is 0 Å². The lowest BCUT2D eigenvalue weighted by molar-refractivity contribution is 0.0434. The van der Waals surface area contributed by atoms with Crippen LogP contribution in [0.25, 0.3) is 0 Å². The van der Waals surface area contributed by atoms with Crippen molar-refractivity contribution in [3.8, 4) is 5.75 Å². The first kappa shape index (κ1) is 25.2. The van der Waals surface area contributed by atoms with E-state index in [0.29, 0.717) is 43.0 Å². The molecule has 35 heavy (non-hydrogen) atoms. The Morgan fingerprint density at radius 3 is 2.51 bits per heavy atom. The highest BCUT2D eigenvalue weighted by molar-refractivity contribution is 7.93. The maximum absolute atomic E-state index is 13.4. The van der Waals surface area contributed by atoms with Gasteiger partial charge in [0.2, 0.25) is 10.0 Å². The van der Waals surface area contributed by atoms with Gasteiger partial charge in [-0.2, -0.15) is 0 Å². The predicted molar refractivity (Wildman–Crippen MR) is 132 cm³/mol. The van der Waals surface area contributed by atoms with Gasteiger partial charge in [-0.05, 0) is 63.4 Å². The Hall–Kier alpha value is -2.85. The molecule has 2 aliphatic rings. The highest BCUT2D eigenvalue weighted by Gasteiger charge is 2.43. The van der Waals surface area contributed by atoms with Crippen LogP contribution >= 0.6 is 0 Å². The van der Waals surface area contributed by atoms with Gasteiger partial charge in [-0.15, -0.1) is 0 Å². The number of anilines is 1. The zero-order chi connectivity index (χ0) is 25.3. The lowest BCUT2D eigenvalue weighted by Gasteiger charge is -2.31. The number of ether oxygens (including phenoxy) is 3. The summed E-state index contributed by atoms with van der Waals surface area (Å²) in [5, 5.41) is 2.55. The zero-order valence-electron chi connectivity index (χ0n) is 20.6. The maximum Gasteiger partial charge on any atom is 0.408 e. The number of pyridine rings is 1. The predicted octanol–water partition coefficient (Wildman–Crippen LogP) is 3.73. The molecule has 1 saturated heterocycles. The van der Waals surface area contributed by atoms with Crippen LogP contribution in [0.5, 0.6) is 5.75 Å². The Morgan fingerprint density at radius 2 is 1.94 bits per heavy atom. The summed E-state index contributed by atoms with van der Waals surface area (Å²) in [5.74, 6) is 0.702. The van der Waals surface area contributed by atoms with Crippen LogP contribution in [0.1, 0.15) is 51.3 Å². The first-order valence-electron chi connectivity index (χ1n) is 11.7. The van der Waals surface area contributed by atoms with Crippen LogP contribution in [0.2, 0.25) is 0 Å². The second-order valence-electron chi connectivity index (χ2n) is 10.0. The number of benzene rings is 1. The molecule has 4 rings (SSSR count). The third kappa shape index (κ3) is 5.87. The summed E-state index contributed by atoms with van der Waals surface area (Å²) >= 11 is 0. The van der Waals surface area contributed by atoms with Crippen molar-refractivity contribution in [2.75, 3.05) is 24.6 Å². The van der Waals surface area contributed by atoms with E-state index in [2.05, 4.69) is 10.3 Å². The first-order valence-corrected chi connectivity index (χ1v) is 13.2. The topological polar surface area (TPSA) is 107 Å². The molecule has 1 aliphatic heterocycles. The minimum atomic E-state index is -3.57. The third-order valence-corrected chi connectivity index (χ3v) is 8.29. The van der Waals surface area contributed by atoms with Gasteiger partial charge in [-0.3, -0.25) is 9.29 Å². The lowest BCUT2D eigenvalue weighted by atomic mass is 9.93. The number of nitrogens with zero attached hydrogens (tertiary/aromatic N) is 2. The number of alkyl carbamates (subject to hydrolysis) is 1. The average Bonchev–Trinajstić information content (AvgIpc) is 3.57. The molecule has 1 atom stereocenters. The van der Waals surface area contributed by atoms with Gasteiger partial charge in [0.1, 0.15) is 16.9 Å². The first-order chi connectivity index (χ1) is 16.5. The van der Waals surface area contributed by atoms with Gasteiger partial charge < -0.3 is 19.5 Å². The third-order valence-electron chi connectivity index (χ3n) is 6.02. The minimum absolute atomic E-state index is 0.176. The summed E-state index contributed by atoms with van der Waals surface area (Å²) in [6.45, 7) is 6.22. The fourth-order valence-electron chi connectivity index (χ4n) is 4.04. The molecule has 10 heteroatoms. The van der Waals surface area contributed by atoms with Gasteiger partial charge in [-0.1, -0.05) is 12.1 Å². The Labute approximate surface area is 206 Å². The summed E-state index contributed by atoms with van der Waals surface area (Å²) in [7, 11) is -1.98. The van der Waals surface area contributed by atoms with Crippen LogP contribution in [0.3, 0.4) is 0 Å². The van der Waals surface area contributed by atoms with Gasteiger partial charge in [-0.25, -0.2) is 13.2 Å². The van der Waals surface area contributed by atoms with Crippen LogP contribution in [0.4, 0.5) is 10.5 Å². The van der Waals surface area contributed by atoms with Crippen LogP contribution in [0, 0.1) is 0 Å². The van der Waals surface area contributed by atoms with Gasteiger partial charge in [0.05, 0.1) is 36.9 Å². The fourth-order valence-corrected chi connectivity index (χ4v) is 5.86. The second-order valence-corrected chi connectivity index (χ2v) is 12.1. The van der Waals surface area contributed by atoms with E-state index >= 15 is 0 Å². The molecular weight excluding hydrogens is 470 g/mol. The molecule has 2 aromatic rings. The Morgan fingerprint density at radius 1 is 1.23 bits per heavy atom. The Bertz CT molecular complexity index is 1150. The number of carbonyl (C=O) groups is 1. The quantitative estimate of drug-likeness (QED) is 0.585. The lowest BCUT2D eigenvalue weighted by Crippen LogP contribution is -2.49. The number of rotatable bonds is 8. The Kier molecular flexibility index (Phi) is 6.97. The molecule has 1 amide bonds. The smallest absolute Gasteiger partial charge is 0.408 e. The number of sulfonamides is 1. The Balaban J connectivity index is 1.67. The maximum atomic E-state index is 13.4. The van der Waals surface area contributed by atoms with Crippen molar-refractivity contribution in [2.45, 2.75) is 63.0 Å². The largest absolute Gasteiger partial charge is 0.497 e. The molecular formula is C25H33N3O6S. The van der Waals surface area contributed by atoms with Crippen molar-refractivity contribution in [1.82, 2.24) is 10.3 Å². The van der Waals surface area contributed by atoms with E-state index in [9.17, 15) is 13.2 Å². The molecule has 1 aromatic carbocycles. The molecule has 0 radical (unpaired) electrons. The monoisotopic (exact) mass is 503 g/mol. The van der Waals surface area contributed by atoms with Crippen LogP contribution in [0.15, 0.2) is 42.6 Å². The highest BCUT2D eigenvalue weighted by atomic mass is 32.2. The standard InChI is InChI=1S/C25H33N3O6S/c1-24(2,3)34-23(29)27-25(12-14-33-17-25)22-15-19(11-13-26-22)28(35(30,31)21-9-10-21)16-18-5-7-20(32-4)8-6-18/h5-8,11,13,15,21H,9-10,12,14,16-17H2,1-4H3,(H,27,29). The number of hydrogen-bond donors (Lipinski definition) is 1. The van der Waals surface area contributed by atoms with E-state index in [4.69, 9.17) is 14.2 Å². The molecule has 1 saturated carbocycles.